The van der Waals surface area contributed by atoms with Crippen molar-refractivity contribution in [3.8, 4) is 6.07 Å². The van der Waals surface area contributed by atoms with E-state index >= 15 is 0 Å². The van der Waals surface area contributed by atoms with E-state index in [0.29, 0.717) is 37.8 Å². The van der Waals surface area contributed by atoms with Crippen molar-refractivity contribution in [1.82, 2.24) is 29.5 Å². The maximum atomic E-state index is 12.2. The summed E-state index contributed by atoms with van der Waals surface area (Å²) in [5, 5.41) is 27.8. The second kappa shape index (κ2) is 19.2. The molecule has 4 aromatic heterocycles. The van der Waals surface area contributed by atoms with Gasteiger partial charge in [0.1, 0.15) is 20.9 Å². The monoisotopic (exact) mass is 925 g/mol. The Balaban J connectivity index is 0.000000367. The molecule has 6 aromatic rings. The molecule has 0 fully saturated rings. The molecular weight excluding hydrogens is 888 g/mol. The SMILES string of the molecule is C.CCOC(=O)c1cn(Cc2cc(S(C)(=O)=O)c3ncc(C)cc3c2)nc1I.Cc1cnc2c(S(C)(=O)=O)cc(Cn3cc(C(=O)O)c(C#N)n3)cc2c1.[Na+].[OH-]. The van der Waals surface area contributed by atoms with Crippen LogP contribution in [0.4, 0.5) is 0 Å². The number of aryl methyl sites for hydroxylation is 2. The van der Waals surface area contributed by atoms with Gasteiger partial charge in [0, 0.05) is 48.1 Å². The van der Waals surface area contributed by atoms with Gasteiger partial charge in [-0.05, 0) is 102 Å². The molecule has 0 unspecified atom stereocenters. The van der Waals surface area contributed by atoms with Gasteiger partial charge in [0.05, 0.1) is 40.5 Å². The van der Waals surface area contributed by atoms with E-state index in [-0.39, 0.29) is 76.7 Å². The summed E-state index contributed by atoms with van der Waals surface area (Å²) in [4.78, 5) is 31.9. The standard InChI is InChI=1S/C18H18IN3O4S.C17H14N4O4S.CH4.Na.H2O/c1-4-26-18(23)14-10-22(21-17(14)19)9-12-6-13-5-11(2)8-20-16(13)15(7-12)27(3,24)25;1-10-3-12-4-11(5-15(26(2,24)25)16(12)19-7-10)8-21-9-13(17(22)23)14(6-18)20-21;;;/h5-8,10H,4,9H2,1-3H3;3-5,7,9H,8H2,1-2H3,(H,22,23);1H4;;1H2/q;;;+1;/p-1. The Bertz CT molecular complexity index is 2710. The third kappa shape index (κ3) is 11.2. The summed E-state index contributed by atoms with van der Waals surface area (Å²) in [7, 11) is -6.97. The first kappa shape index (κ1) is 47.9. The number of esters is 1. The van der Waals surface area contributed by atoms with Crippen molar-refractivity contribution in [2.45, 2.75) is 51.1 Å². The first-order chi connectivity index (χ1) is 24.9. The number of nitriles is 1. The summed E-state index contributed by atoms with van der Waals surface area (Å²) in [6, 6.07) is 12.2. The van der Waals surface area contributed by atoms with E-state index in [1.165, 1.54) is 23.2 Å². The third-order valence-corrected chi connectivity index (χ3v) is 10.7. The number of ether oxygens (including phenoxy) is 1. The molecule has 0 amide bonds. The number of pyridine rings is 2. The average molecular weight is 926 g/mol. The molecule has 0 aliphatic heterocycles. The van der Waals surface area contributed by atoms with Gasteiger partial charge in [-0.1, -0.05) is 7.43 Å². The van der Waals surface area contributed by atoms with E-state index < -0.39 is 31.6 Å². The Labute approximate surface area is 359 Å². The molecule has 2 N–H and O–H groups in total. The zero-order valence-electron chi connectivity index (χ0n) is 30.5. The van der Waals surface area contributed by atoms with Crippen molar-refractivity contribution in [2.75, 3.05) is 19.1 Å². The molecule has 0 spiro atoms. The number of aromatic nitrogens is 6. The van der Waals surface area contributed by atoms with Crippen LogP contribution in [-0.2, 0) is 37.5 Å². The molecule has 16 nitrogen and oxygen atoms in total. The zero-order chi connectivity index (χ0) is 38.8. The number of rotatable bonds is 9. The van der Waals surface area contributed by atoms with Crippen LogP contribution < -0.4 is 29.6 Å². The quantitative estimate of drug-likeness (QED) is 0.124. The zero-order valence-corrected chi connectivity index (χ0v) is 36.3. The largest absolute Gasteiger partial charge is 1.00 e. The van der Waals surface area contributed by atoms with Crippen LogP contribution in [0, 0.1) is 28.9 Å². The molecule has 0 bridgehead atoms. The maximum absolute atomic E-state index is 12.2. The van der Waals surface area contributed by atoms with Crippen LogP contribution in [0.3, 0.4) is 0 Å². The Morgan fingerprint density at radius 2 is 1.27 bits per heavy atom. The molecular formula is C36H37IN7NaO9S2. The van der Waals surface area contributed by atoms with E-state index in [9.17, 15) is 26.4 Å². The van der Waals surface area contributed by atoms with E-state index in [0.717, 1.165) is 28.3 Å². The molecule has 0 aliphatic rings. The molecule has 0 saturated carbocycles. The number of hydrogen-bond donors (Lipinski definition) is 1. The predicted molar refractivity (Wildman–Crippen MR) is 211 cm³/mol. The Hall–Kier alpha value is -4.30. The van der Waals surface area contributed by atoms with Crippen molar-refractivity contribution >= 4 is 76.0 Å². The van der Waals surface area contributed by atoms with Gasteiger partial charge in [-0.3, -0.25) is 19.3 Å². The number of fused-ring (bicyclic) bond motifs is 2. The van der Waals surface area contributed by atoms with E-state index in [2.05, 4.69) is 20.2 Å². The number of sulfone groups is 2. The summed E-state index contributed by atoms with van der Waals surface area (Å²) in [6.07, 6.45) is 8.39. The minimum atomic E-state index is -3.52. The van der Waals surface area contributed by atoms with Crippen LogP contribution in [0.25, 0.3) is 21.8 Å². The molecule has 56 heavy (non-hydrogen) atoms. The fourth-order valence-corrected chi connectivity index (χ4v) is 7.87. The van der Waals surface area contributed by atoms with Gasteiger partial charge in [-0.25, -0.2) is 26.4 Å². The van der Waals surface area contributed by atoms with Gasteiger partial charge in [-0.15, -0.1) is 0 Å². The van der Waals surface area contributed by atoms with Crippen LogP contribution in [0.2, 0.25) is 0 Å². The third-order valence-electron chi connectivity index (χ3n) is 7.69. The fourth-order valence-electron chi connectivity index (χ4n) is 5.46. The number of hydrogen-bond acceptors (Lipinski definition) is 13. The van der Waals surface area contributed by atoms with Crippen LogP contribution in [0.15, 0.2) is 71.0 Å². The van der Waals surface area contributed by atoms with Crippen LogP contribution in [0.1, 0.15) is 63.0 Å². The Morgan fingerprint density at radius 1 is 0.821 bits per heavy atom. The number of benzene rings is 2. The Kier molecular flexibility index (Phi) is 16.4. The second-order valence-corrected chi connectivity index (χ2v) is 17.1. The molecule has 0 saturated heterocycles. The van der Waals surface area contributed by atoms with Crippen molar-refractivity contribution in [3.05, 3.63) is 104 Å². The van der Waals surface area contributed by atoms with Gasteiger partial charge in [0.2, 0.25) is 0 Å². The average Bonchev–Trinajstić information content (AvgIpc) is 3.65. The molecule has 2 aromatic carbocycles. The number of carbonyl (C=O) groups is 2. The molecule has 4 heterocycles. The number of carboxylic acids is 1. The van der Waals surface area contributed by atoms with Crippen LogP contribution in [-0.4, -0.2) is 88.0 Å². The molecule has 20 heteroatoms. The van der Waals surface area contributed by atoms with Crippen molar-refractivity contribution in [2.24, 2.45) is 0 Å². The first-order valence-corrected chi connectivity index (χ1v) is 20.5. The number of aromatic carboxylic acids is 1. The normalized spacial score (nSPS) is 10.9. The van der Waals surface area contributed by atoms with Crippen LogP contribution in [0.5, 0.6) is 0 Å². The van der Waals surface area contributed by atoms with Gasteiger partial charge >= 0.3 is 41.5 Å². The summed E-state index contributed by atoms with van der Waals surface area (Å²) >= 11 is 1.98. The molecule has 0 radical (unpaired) electrons. The van der Waals surface area contributed by atoms with Crippen molar-refractivity contribution in [3.63, 3.8) is 0 Å². The molecule has 0 atom stereocenters. The second-order valence-electron chi connectivity index (χ2n) is 12.2. The number of carboxylic acid groups (broad SMARTS) is 1. The fraction of sp³-hybridized carbons (Fsp3) is 0.250. The molecule has 0 aliphatic carbocycles. The summed E-state index contributed by atoms with van der Waals surface area (Å²) < 4.78 is 57.2. The maximum Gasteiger partial charge on any atom is 1.00 e. The summed E-state index contributed by atoms with van der Waals surface area (Å²) in [6.45, 7) is 6.23. The topological polar surface area (TPSA) is 247 Å². The smallest absolute Gasteiger partial charge is 0.870 e. The number of carbonyl (C=O) groups excluding carboxylic acids is 1. The summed E-state index contributed by atoms with van der Waals surface area (Å²) in [5.74, 6) is -1.67. The van der Waals surface area contributed by atoms with Gasteiger partial charge < -0.3 is 15.3 Å². The minimum absolute atomic E-state index is 0. The van der Waals surface area contributed by atoms with Gasteiger partial charge in [0.25, 0.3) is 0 Å². The van der Waals surface area contributed by atoms with E-state index in [1.54, 1.807) is 48.4 Å². The van der Waals surface area contributed by atoms with Crippen molar-refractivity contribution in [1.29, 1.82) is 5.26 Å². The van der Waals surface area contributed by atoms with Gasteiger partial charge in [0.15, 0.2) is 25.4 Å². The van der Waals surface area contributed by atoms with Crippen molar-refractivity contribution < 1.29 is 71.3 Å². The summed E-state index contributed by atoms with van der Waals surface area (Å²) in [5.41, 5.74) is 4.01. The predicted octanol–water partition coefficient (Wildman–Crippen LogP) is 2.20. The van der Waals surface area contributed by atoms with E-state index in [4.69, 9.17) is 15.1 Å². The van der Waals surface area contributed by atoms with Crippen LogP contribution >= 0.6 is 22.6 Å². The van der Waals surface area contributed by atoms with Gasteiger partial charge in [-0.2, -0.15) is 15.5 Å². The number of nitrogens with zero attached hydrogens (tertiary/aromatic N) is 7. The first-order valence-electron chi connectivity index (χ1n) is 15.7. The minimum Gasteiger partial charge on any atom is -0.870 e. The molecule has 290 valence electrons. The number of halogens is 1. The van der Waals surface area contributed by atoms with E-state index in [1.807, 2.05) is 54.6 Å². The Morgan fingerprint density at radius 3 is 1.66 bits per heavy atom. The molecule has 6 rings (SSSR count).